The van der Waals surface area contributed by atoms with Crippen LogP contribution in [0.25, 0.3) is 0 Å². The Hall–Kier alpha value is -4.44. The van der Waals surface area contributed by atoms with E-state index in [0.717, 1.165) is 28.1 Å². The number of aromatic nitrogens is 2. The maximum absolute atomic E-state index is 13.1. The monoisotopic (exact) mass is 472 g/mol. The molecule has 0 amide bonds. The molecule has 4 heteroatoms. The number of aromatic amines is 2. The summed E-state index contributed by atoms with van der Waals surface area (Å²) in [5.41, 5.74) is 8.58. The van der Waals surface area contributed by atoms with Crippen LogP contribution >= 0.6 is 0 Å². The lowest BCUT2D eigenvalue weighted by Crippen LogP contribution is -2.08. The molecule has 0 saturated carbocycles. The summed E-state index contributed by atoms with van der Waals surface area (Å²) < 4.78 is 0. The number of nitrogens with one attached hydrogen (secondary N) is 2. The number of hydrogen-bond acceptors (Lipinski definition) is 2. The summed E-state index contributed by atoms with van der Waals surface area (Å²) in [5, 5.41) is 0. The molecule has 5 aromatic rings. The summed E-state index contributed by atoms with van der Waals surface area (Å²) in [6.45, 7) is 6.06. The predicted molar refractivity (Wildman–Crippen MR) is 143 cm³/mol. The SMILES string of the molecule is Cc1ccc(C(=O)c2ccc(C(c3ccc(C)cc3)c3ccc(C(=O)c4ccc(C)cc4)[nH]3)[nH]2)cc1. The number of ketones is 2. The first kappa shape index (κ1) is 23.3. The first-order valence-corrected chi connectivity index (χ1v) is 12.1. The maximum Gasteiger partial charge on any atom is 0.209 e. The summed E-state index contributed by atoms with van der Waals surface area (Å²) >= 11 is 0. The zero-order chi connectivity index (χ0) is 25.2. The molecular formula is C32H28N2O2. The Labute approximate surface area is 211 Å². The first-order valence-electron chi connectivity index (χ1n) is 12.1. The minimum atomic E-state index is -0.190. The molecule has 0 fully saturated rings. The van der Waals surface area contributed by atoms with Gasteiger partial charge in [-0.25, -0.2) is 0 Å². The topological polar surface area (TPSA) is 65.7 Å². The number of carbonyl (C=O) groups is 2. The average molecular weight is 473 g/mol. The Kier molecular flexibility index (Phi) is 6.26. The second-order valence-corrected chi connectivity index (χ2v) is 9.39. The van der Waals surface area contributed by atoms with Crippen LogP contribution in [0.3, 0.4) is 0 Å². The molecule has 2 aromatic heterocycles. The van der Waals surface area contributed by atoms with Crippen LogP contribution in [-0.4, -0.2) is 21.5 Å². The van der Waals surface area contributed by atoms with E-state index in [1.165, 1.54) is 5.56 Å². The molecule has 0 atom stereocenters. The van der Waals surface area contributed by atoms with E-state index >= 15 is 0 Å². The average Bonchev–Trinajstić information content (AvgIpc) is 3.56. The van der Waals surface area contributed by atoms with Gasteiger partial charge in [-0.05, 0) is 50.6 Å². The summed E-state index contributed by atoms with van der Waals surface area (Å²) in [6, 6.07) is 31.1. The van der Waals surface area contributed by atoms with Crippen molar-refractivity contribution in [2.24, 2.45) is 0 Å². The van der Waals surface area contributed by atoms with Gasteiger partial charge in [-0.3, -0.25) is 9.59 Å². The Bertz CT molecular complexity index is 1420. The van der Waals surface area contributed by atoms with Crippen molar-refractivity contribution in [2.75, 3.05) is 0 Å². The minimum Gasteiger partial charge on any atom is -0.355 e. The summed E-state index contributed by atoms with van der Waals surface area (Å²) in [6.07, 6.45) is 0. The van der Waals surface area contributed by atoms with Crippen LogP contribution in [0.15, 0.2) is 97.1 Å². The van der Waals surface area contributed by atoms with Crippen molar-refractivity contribution in [1.82, 2.24) is 9.97 Å². The Morgan fingerprint density at radius 3 is 1.25 bits per heavy atom. The van der Waals surface area contributed by atoms with Crippen LogP contribution in [0, 0.1) is 20.8 Å². The van der Waals surface area contributed by atoms with E-state index in [2.05, 4.69) is 41.2 Å². The van der Waals surface area contributed by atoms with Crippen LogP contribution in [0.5, 0.6) is 0 Å². The smallest absolute Gasteiger partial charge is 0.209 e. The molecule has 0 unspecified atom stereocenters. The molecule has 0 spiro atoms. The highest BCUT2D eigenvalue weighted by Gasteiger charge is 2.23. The quantitative estimate of drug-likeness (QED) is 0.253. The van der Waals surface area contributed by atoms with Crippen molar-refractivity contribution in [3.8, 4) is 0 Å². The Morgan fingerprint density at radius 1 is 0.500 bits per heavy atom. The van der Waals surface area contributed by atoms with E-state index in [1.807, 2.05) is 86.6 Å². The largest absolute Gasteiger partial charge is 0.355 e. The van der Waals surface area contributed by atoms with Gasteiger partial charge < -0.3 is 9.97 Å². The number of H-pyrrole nitrogens is 2. The van der Waals surface area contributed by atoms with Gasteiger partial charge in [0.15, 0.2) is 0 Å². The van der Waals surface area contributed by atoms with Crippen LogP contribution in [0.1, 0.15) is 71.7 Å². The molecule has 5 rings (SSSR count). The first-order chi connectivity index (χ1) is 17.4. The van der Waals surface area contributed by atoms with Crippen LogP contribution in [0.2, 0.25) is 0 Å². The van der Waals surface area contributed by atoms with Gasteiger partial charge in [-0.15, -0.1) is 0 Å². The lowest BCUT2D eigenvalue weighted by atomic mass is 9.92. The fraction of sp³-hybridized carbons (Fsp3) is 0.125. The molecule has 0 aliphatic carbocycles. The third-order valence-electron chi connectivity index (χ3n) is 6.57. The van der Waals surface area contributed by atoms with Gasteiger partial charge in [0.2, 0.25) is 11.6 Å². The molecule has 4 nitrogen and oxygen atoms in total. The normalized spacial score (nSPS) is 11.1. The number of rotatable bonds is 7. The van der Waals surface area contributed by atoms with Crippen molar-refractivity contribution in [3.05, 3.63) is 153 Å². The van der Waals surface area contributed by atoms with Gasteiger partial charge in [-0.2, -0.15) is 0 Å². The standard InChI is InChI=1S/C32H28N2O2/c1-20-4-10-23(11-5-20)30(26-16-18-28(33-26)31(35)24-12-6-21(2)7-13-24)27-17-19-29(34-27)32(36)25-14-8-22(3)9-15-25/h4-19,30,33-34H,1-3H3. The molecule has 0 radical (unpaired) electrons. The fourth-order valence-electron chi connectivity index (χ4n) is 4.43. The van der Waals surface area contributed by atoms with Crippen molar-refractivity contribution in [1.29, 1.82) is 0 Å². The van der Waals surface area contributed by atoms with Crippen molar-refractivity contribution in [3.63, 3.8) is 0 Å². The molecule has 178 valence electrons. The number of benzene rings is 3. The maximum atomic E-state index is 13.1. The van der Waals surface area contributed by atoms with Crippen molar-refractivity contribution >= 4 is 11.6 Å². The summed E-state index contributed by atoms with van der Waals surface area (Å²) in [5.74, 6) is -0.291. The van der Waals surface area contributed by atoms with Gasteiger partial charge in [0.05, 0.1) is 17.3 Å². The van der Waals surface area contributed by atoms with Gasteiger partial charge in [0, 0.05) is 22.5 Å². The van der Waals surface area contributed by atoms with Gasteiger partial charge in [0.25, 0.3) is 0 Å². The molecule has 36 heavy (non-hydrogen) atoms. The van der Waals surface area contributed by atoms with Gasteiger partial charge in [0.1, 0.15) is 0 Å². The summed E-state index contributed by atoms with van der Waals surface area (Å²) in [4.78, 5) is 32.9. The Morgan fingerprint density at radius 2 is 0.861 bits per heavy atom. The molecular weight excluding hydrogens is 444 g/mol. The molecule has 0 saturated heterocycles. The van der Waals surface area contributed by atoms with Gasteiger partial charge in [-0.1, -0.05) is 89.5 Å². The van der Waals surface area contributed by atoms with Gasteiger partial charge >= 0.3 is 0 Å². The summed E-state index contributed by atoms with van der Waals surface area (Å²) in [7, 11) is 0. The van der Waals surface area contributed by atoms with E-state index in [4.69, 9.17) is 0 Å². The fourth-order valence-corrected chi connectivity index (χ4v) is 4.43. The predicted octanol–water partition coefficient (Wildman–Crippen LogP) is 6.91. The number of aryl methyl sites for hydroxylation is 3. The van der Waals surface area contributed by atoms with E-state index in [0.29, 0.717) is 22.5 Å². The minimum absolute atomic E-state index is 0.0503. The lowest BCUT2D eigenvalue weighted by molar-refractivity contribution is 0.102. The second-order valence-electron chi connectivity index (χ2n) is 9.39. The van der Waals surface area contributed by atoms with Crippen LogP contribution in [0.4, 0.5) is 0 Å². The molecule has 2 heterocycles. The highest BCUT2D eigenvalue weighted by atomic mass is 16.1. The Balaban J connectivity index is 1.51. The number of carbonyl (C=O) groups excluding carboxylic acids is 2. The van der Waals surface area contributed by atoms with E-state index < -0.39 is 0 Å². The third kappa shape index (κ3) is 4.71. The zero-order valence-electron chi connectivity index (χ0n) is 20.6. The van der Waals surface area contributed by atoms with Crippen molar-refractivity contribution in [2.45, 2.75) is 26.7 Å². The van der Waals surface area contributed by atoms with Crippen molar-refractivity contribution < 1.29 is 9.59 Å². The van der Waals surface area contributed by atoms with Crippen LogP contribution < -0.4 is 0 Å². The number of hydrogen-bond donors (Lipinski definition) is 2. The molecule has 0 bridgehead atoms. The zero-order valence-corrected chi connectivity index (χ0v) is 20.6. The highest BCUT2D eigenvalue weighted by molar-refractivity contribution is 6.08. The molecule has 0 aliphatic rings. The van der Waals surface area contributed by atoms with E-state index in [-0.39, 0.29) is 17.5 Å². The van der Waals surface area contributed by atoms with E-state index in [9.17, 15) is 9.59 Å². The van der Waals surface area contributed by atoms with E-state index in [1.54, 1.807) is 0 Å². The highest BCUT2D eigenvalue weighted by Crippen LogP contribution is 2.32. The molecule has 0 aliphatic heterocycles. The molecule has 3 aromatic carbocycles. The third-order valence-corrected chi connectivity index (χ3v) is 6.57. The van der Waals surface area contributed by atoms with Crippen LogP contribution in [-0.2, 0) is 0 Å². The second kappa shape index (κ2) is 9.67. The molecule has 2 N–H and O–H groups in total. The lowest BCUT2D eigenvalue weighted by Gasteiger charge is -2.16.